The van der Waals surface area contributed by atoms with E-state index in [-0.39, 0.29) is 51.8 Å². The van der Waals surface area contributed by atoms with Crippen molar-refractivity contribution in [1.29, 1.82) is 0 Å². The molecule has 1 saturated carbocycles. The van der Waals surface area contributed by atoms with E-state index in [1.165, 1.54) is 12.1 Å². The largest absolute Gasteiger partial charge is 0.493 e. The molecule has 0 unspecified atom stereocenters. The fraction of sp³-hybridized carbons (Fsp3) is 0.280. The van der Waals surface area contributed by atoms with E-state index >= 15 is 0 Å². The second kappa shape index (κ2) is 10.1. The highest BCUT2D eigenvalue weighted by molar-refractivity contribution is 6.43. The number of aliphatic imine (C=N–C) groups is 1. The molecule has 5 rings (SSSR count). The van der Waals surface area contributed by atoms with Crippen molar-refractivity contribution >= 4 is 39.9 Å². The van der Waals surface area contributed by atoms with Crippen LogP contribution in [0, 0.1) is 11.6 Å². The van der Waals surface area contributed by atoms with Gasteiger partial charge in [-0.25, -0.2) is 23.7 Å². The number of anilines is 1. The summed E-state index contributed by atoms with van der Waals surface area (Å²) in [5.41, 5.74) is 0.899. The number of nitrogens with one attached hydrogen (secondary N) is 3. The Morgan fingerprint density at radius 3 is 2.89 bits per heavy atom. The van der Waals surface area contributed by atoms with Gasteiger partial charge in [0, 0.05) is 34.3 Å². The lowest BCUT2D eigenvalue weighted by molar-refractivity contribution is -0.115. The number of fused-ring (bicyclic) bond motifs is 1. The van der Waals surface area contributed by atoms with E-state index in [0.717, 1.165) is 25.5 Å². The highest BCUT2D eigenvalue weighted by atomic mass is 35.5. The quantitative estimate of drug-likeness (QED) is 0.375. The number of aliphatic hydroxyl groups excluding tert-OH is 1. The van der Waals surface area contributed by atoms with Crippen LogP contribution in [0.1, 0.15) is 32.1 Å². The van der Waals surface area contributed by atoms with Crippen LogP contribution in [-0.2, 0) is 4.79 Å². The number of benzene rings is 1. The molecule has 2 aromatic heterocycles. The molecule has 3 heterocycles. The van der Waals surface area contributed by atoms with Gasteiger partial charge < -0.3 is 20.7 Å². The van der Waals surface area contributed by atoms with Gasteiger partial charge in [0.1, 0.15) is 11.5 Å². The van der Waals surface area contributed by atoms with Crippen molar-refractivity contribution in [3.05, 3.63) is 65.3 Å². The molecule has 1 fully saturated rings. The molecule has 0 spiro atoms. The van der Waals surface area contributed by atoms with Crippen LogP contribution in [0.4, 0.5) is 14.6 Å². The third-order valence-corrected chi connectivity index (χ3v) is 6.44. The number of halogens is 3. The van der Waals surface area contributed by atoms with Gasteiger partial charge in [0.25, 0.3) is 5.91 Å². The molecule has 8 nitrogen and oxygen atoms in total. The van der Waals surface area contributed by atoms with Crippen LogP contribution in [-0.4, -0.2) is 43.8 Å². The number of H-pyrrole nitrogens is 1. The molecule has 1 aliphatic carbocycles. The summed E-state index contributed by atoms with van der Waals surface area (Å²) in [7, 11) is 0. The van der Waals surface area contributed by atoms with Gasteiger partial charge >= 0.3 is 0 Å². The van der Waals surface area contributed by atoms with E-state index in [4.69, 9.17) is 11.6 Å². The normalized spacial score (nSPS) is 20.0. The molecular weight excluding hydrogens is 490 g/mol. The van der Waals surface area contributed by atoms with E-state index in [0.29, 0.717) is 23.8 Å². The predicted molar refractivity (Wildman–Crippen MR) is 134 cm³/mol. The predicted octanol–water partition coefficient (Wildman–Crippen LogP) is 5.20. The van der Waals surface area contributed by atoms with Crippen molar-refractivity contribution in [1.82, 2.24) is 20.3 Å². The minimum Gasteiger partial charge on any atom is -0.493 e. The molecule has 3 aromatic rings. The van der Waals surface area contributed by atoms with Crippen molar-refractivity contribution in [2.75, 3.05) is 5.32 Å². The highest BCUT2D eigenvalue weighted by Crippen LogP contribution is 2.32. The van der Waals surface area contributed by atoms with Crippen LogP contribution < -0.4 is 10.6 Å². The zero-order chi connectivity index (χ0) is 25.2. The molecule has 2 aliphatic rings. The second-order valence-corrected chi connectivity index (χ2v) is 9.21. The van der Waals surface area contributed by atoms with Gasteiger partial charge in [0.15, 0.2) is 17.5 Å². The summed E-state index contributed by atoms with van der Waals surface area (Å²) in [4.78, 5) is 27.9. The van der Waals surface area contributed by atoms with Gasteiger partial charge in [-0.2, -0.15) is 0 Å². The molecule has 2 atom stereocenters. The molecule has 36 heavy (non-hydrogen) atoms. The smallest absolute Gasteiger partial charge is 0.270 e. The third kappa shape index (κ3) is 5.08. The average Bonchev–Trinajstić information content (AvgIpc) is 3.14. The van der Waals surface area contributed by atoms with Gasteiger partial charge in [-0.3, -0.25) is 4.79 Å². The summed E-state index contributed by atoms with van der Waals surface area (Å²) in [6.45, 7) is 0. The van der Waals surface area contributed by atoms with Crippen molar-refractivity contribution in [3.8, 4) is 11.4 Å². The molecule has 186 valence electrons. The number of aromatic nitrogens is 3. The average molecular weight is 513 g/mol. The summed E-state index contributed by atoms with van der Waals surface area (Å²) in [5, 5.41) is 16.5. The van der Waals surface area contributed by atoms with Gasteiger partial charge in [-0.05, 0) is 56.4 Å². The van der Waals surface area contributed by atoms with Crippen molar-refractivity contribution in [2.24, 2.45) is 4.99 Å². The molecular formula is C25H23ClF2N6O2. The zero-order valence-corrected chi connectivity index (χ0v) is 19.8. The molecule has 0 radical (unpaired) electrons. The summed E-state index contributed by atoms with van der Waals surface area (Å²) in [6, 6.07) is 2.51. The van der Waals surface area contributed by atoms with Gasteiger partial charge in [0.05, 0.1) is 11.7 Å². The van der Waals surface area contributed by atoms with Crippen LogP contribution >= 0.6 is 11.6 Å². The Balaban J connectivity index is 1.31. The third-order valence-electron chi connectivity index (χ3n) is 6.22. The number of hydrogen-bond donors (Lipinski definition) is 4. The topological polar surface area (TPSA) is 115 Å². The maximum Gasteiger partial charge on any atom is 0.270 e. The van der Waals surface area contributed by atoms with Crippen LogP contribution in [0.25, 0.3) is 22.3 Å². The molecule has 1 aliphatic heterocycles. The number of aliphatic hydroxyl groups is 1. The molecule has 0 bridgehead atoms. The van der Waals surface area contributed by atoms with Crippen LogP contribution in [0.15, 0.2) is 53.6 Å². The van der Waals surface area contributed by atoms with E-state index in [1.54, 1.807) is 24.4 Å². The Morgan fingerprint density at radius 2 is 2.03 bits per heavy atom. The van der Waals surface area contributed by atoms with Crippen molar-refractivity contribution < 1.29 is 18.7 Å². The Morgan fingerprint density at radius 1 is 1.19 bits per heavy atom. The number of aromatic amines is 1. The number of rotatable bonds is 5. The van der Waals surface area contributed by atoms with Crippen LogP contribution in [0.2, 0.25) is 5.02 Å². The Labute approximate surface area is 210 Å². The number of carbonyl (C=O) groups is 1. The first-order chi connectivity index (χ1) is 17.4. The lowest BCUT2D eigenvalue weighted by Crippen LogP contribution is -2.44. The fourth-order valence-corrected chi connectivity index (χ4v) is 4.73. The highest BCUT2D eigenvalue weighted by Gasteiger charge is 2.26. The monoisotopic (exact) mass is 512 g/mol. The van der Waals surface area contributed by atoms with E-state index in [2.05, 4.69) is 30.6 Å². The number of nitrogens with zero attached hydrogens (tertiary/aromatic N) is 3. The zero-order valence-electron chi connectivity index (χ0n) is 19.1. The summed E-state index contributed by atoms with van der Waals surface area (Å²) in [6.07, 6.45) is 10.9. The summed E-state index contributed by atoms with van der Waals surface area (Å²) < 4.78 is 28.9. The van der Waals surface area contributed by atoms with Crippen LogP contribution in [0.3, 0.4) is 0 Å². The molecule has 4 N–H and O–H groups in total. The SMILES string of the molecule is O=C(N[C@@H]1CCC[C@H](Nc2nc(-c3c[nH]c4c(F)cc(Cl)cc34)ncc2F)C1)C1=NC(O)=CCC=C1. The van der Waals surface area contributed by atoms with Gasteiger partial charge in [0.2, 0.25) is 5.88 Å². The Hall–Kier alpha value is -3.79. The first-order valence-electron chi connectivity index (χ1n) is 11.6. The molecule has 1 amide bonds. The Bertz CT molecular complexity index is 1420. The lowest BCUT2D eigenvalue weighted by Gasteiger charge is -2.30. The minimum atomic E-state index is -0.617. The van der Waals surface area contributed by atoms with Crippen LogP contribution in [0.5, 0.6) is 0 Å². The lowest BCUT2D eigenvalue weighted by atomic mass is 9.90. The second-order valence-electron chi connectivity index (χ2n) is 8.78. The van der Waals surface area contributed by atoms with Gasteiger partial charge in [-0.1, -0.05) is 17.7 Å². The maximum absolute atomic E-state index is 14.6. The van der Waals surface area contributed by atoms with Crippen molar-refractivity contribution in [3.63, 3.8) is 0 Å². The van der Waals surface area contributed by atoms with E-state index in [1.807, 2.05) is 0 Å². The van der Waals surface area contributed by atoms with E-state index < -0.39 is 11.6 Å². The molecule has 1 aromatic carbocycles. The Kier molecular flexibility index (Phi) is 6.69. The maximum atomic E-state index is 14.6. The number of carbonyl (C=O) groups excluding carboxylic acids is 1. The number of allylic oxidation sites excluding steroid dienone is 2. The van der Waals surface area contributed by atoms with Crippen molar-refractivity contribution in [2.45, 2.75) is 44.2 Å². The first kappa shape index (κ1) is 23.9. The molecule has 11 heteroatoms. The minimum absolute atomic E-state index is 0.0277. The molecule has 0 saturated heterocycles. The number of amides is 1. The summed E-state index contributed by atoms with van der Waals surface area (Å²) in [5.74, 6) is -1.44. The van der Waals surface area contributed by atoms with E-state index in [9.17, 15) is 18.7 Å². The number of hydrogen-bond acceptors (Lipinski definition) is 6. The summed E-state index contributed by atoms with van der Waals surface area (Å²) >= 11 is 6.02. The standard InChI is InChI=1S/C25H23ClF2N6O2/c26-13-8-16-17(11-29-22(16)18(27)9-13)23-30-12-19(28)24(34-23)31-14-4-3-5-15(10-14)32-25(36)20-6-1-2-7-21(35)33-20/h1,6-9,11-12,14-15,29,35H,2-5,10H2,(H,32,36)(H,30,31,34)/t14-,15+/m0/s1. The van der Waals surface area contributed by atoms with Gasteiger partial charge in [-0.15, -0.1) is 0 Å². The first-order valence-corrected chi connectivity index (χ1v) is 12.0. The fourth-order valence-electron chi connectivity index (χ4n) is 4.53.